The summed E-state index contributed by atoms with van der Waals surface area (Å²) in [5, 5.41) is 10.6. The van der Waals surface area contributed by atoms with Crippen LogP contribution in [0.2, 0.25) is 0 Å². The molecule has 2 rings (SSSR count). The summed E-state index contributed by atoms with van der Waals surface area (Å²) in [5.74, 6) is -0.829. The van der Waals surface area contributed by atoms with Crippen LogP contribution in [-0.2, 0) is 16.0 Å². The van der Waals surface area contributed by atoms with Crippen LogP contribution in [0.4, 0.5) is 0 Å². The van der Waals surface area contributed by atoms with Crippen LogP contribution in [0, 0.1) is 0 Å². The van der Waals surface area contributed by atoms with E-state index in [0.717, 1.165) is 4.88 Å². The van der Waals surface area contributed by atoms with Gasteiger partial charge in [-0.15, -0.1) is 11.3 Å². The van der Waals surface area contributed by atoms with Gasteiger partial charge in [0.25, 0.3) is 0 Å². The molecule has 0 fully saturated rings. The first-order valence-electron chi connectivity index (χ1n) is 6.08. The van der Waals surface area contributed by atoms with Gasteiger partial charge in [-0.1, -0.05) is 6.07 Å². The van der Waals surface area contributed by atoms with Crippen molar-refractivity contribution < 1.29 is 19.1 Å². The van der Waals surface area contributed by atoms with E-state index in [1.165, 1.54) is 22.5 Å². The minimum absolute atomic E-state index is 0.0377. The van der Waals surface area contributed by atoms with Crippen LogP contribution >= 0.6 is 11.3 Å². The lowest BCUT2D eigenvalue weighted by Crippen LogP contribution is -2.36. The number of oxazole rings is 1. The van der Waals surface area contributed by atoms with E-state index in [9.17, 15) is 9.59 Å². The highest BCUT2D eigenvalue weighted by molar-refractivity contribution is 7.13. The van der Waals surface area contributed by atoms with Crippen LogP contribution in [0.25, 0.3) is 10.8 Å². The number of hydrogen-bond donors (Lipinski definition) is 1. The van der Waals surface area contributed by atoms with Crippen molar-refractivity contribution in [2.24, 2.45) is 0 Å². The van der Waals surface area contributed by atoms with Crippen LogP contribution < -0.4 is 0 Å². The van der Waals surface area contributed by atoms with Crippen LogP contribution in [-0.4, -0.2) is 40.0 Å². The average Bonchev–Trinajstić information content (AvgIpc) is 3.05. The van der Waals surface area contributed by atoms with E-state index < -0.39 is 5.97 Å². The summed E-state index contributed by atoms with van der Waals surface area (Å²) in [4.78, 5) is 29.0. The molecule has 0 atom stereocenters. The van der Waals surface area contributed by atoms with Crippen molar-refractivity contribution >= 4 is 23.2 Å². The summed E-state index contributed by atoms with van der Waals surface area (Å²) >= 11 is 1.50. The van der Waals surface area contributed by atoms with Crippen molar-refractivity contribution in [3.05, 3.63) is 29.5 Å². The molecule has 0 unspecified atom stereocenters. The Balaban J connectivity index is 2.02. The van der Waals surface area contributed by atoms with Gasteiger partial charge in [-0.3, -0.25) is 9.59 Å². The van der Waals surface area contributed by atoms with Gasteiger partial charge < -0.3 is 14.4 Å². The van der Waals surface area contributed by atoms with Gasteiger partial charge in [0.05, 0.1) is 17.0 Å². The summed E-state index contributed by atoms with van der Waals surface area (Å²) in [7, 11) is 0. The summed E-state index contributed by atoms with van der Waals surface area (Å²) in [6.45, 7) is 1.78. The molecule has 0 aliphatic carbocycles. The number of thiophene rings is 1. The third kappa shape index (κ3) is 3.45. The predicted octanol–water partition coefficient (Wildman–Crippen LogP) is 1.88. The van der Waals surface area contributed by atoms with E-state index in [4.69, 9.17) is 9.52 Å². The van der Waals surface area contributed by atoms with Crippen molar-refractivity contribution in [1.29, 1.82) is 0 Å². The highest BCUT2D eigenvalue weighted by Gasteiger charge is 2.17. The van der Waals surface area contributed by atoms with Crippen molar-refractivity contribution in [1.82, 2.24) is 9.88 Å². The number of rotatable bonds is 6. The lowest BCUT2D eigenvalue weighted by atomic mass is 10.3. The Morgan fingerprint density at radius 1 is 1.50 bits per heavy atom. The van der Waals surface area contributed by atoms with Gasteiger partial charge >= 0.3 is 5.97 Å². The number of aliphatic carboxylic acids is 1. The molecule has 1 N–H and O–H groups in total. The van der Waals surface area contributed by atoms with Gasteiger partial charge in [0.2, 0.25) is 11.8 Å². The lowest BCUT2D eigenvalue weighted by Gasteiger charge is -2.17. The highest BCUT2D eigenvalue weighted by Crippen LogP contribution is 2.23. The van der Waals surface area contributed by atoms with Gasteiger partial charge in [0.1, 0.15) is 12.8 Å². The minimum Gasteiger partial charge on any atom is -0.480 e. The number of hydrogen-bond acceptors (Lipinski definition) is 5. The zero-order chi connectivity index (χ0) is 14.5. The maximum atomic E-state index is 12.0. The molecule has 106 valence electrons. The van der Waals surface area contributed by atoms with Gasteiger partial charge in [0.15, 0.2) is 0 Å². The monoisotopic (exact) mass is 294 g/mol. The van der Waals surface area contributed by atoms with Crippen molar-refractivity contribution in [3.63, 3.8) is 0 Å². The van der Waals surface area contributed by atoms with E-state index in [-0.39, 0.29) is 18.9 Å². The zero-order valence-corrected chi connectivity index (χ0v) is 11.7. The predicted molar refractivity (Wildman–Crippen MR) is 73.4 cm³/mol. The molecule has 0 saturated carbocycles. The van der Waals surface area contributed by atoms with Crippen molar-refractivity contribution in [3.8, 4) is 10.8 Å². The summed E-state index contributed by atoms with van der Waals surface area (Å²) < 4.78 is 5.32. The Hall–Kier alpha value is -2.15. The molecule has 0 spiro atoms. The molecule has 2 aromatic heterocycles. The third-order valence-electron chi connectivity index (χ3n) is 2.68. The van der Waals surface area contributed by atoms with E-state index >= 15 is 0 Å². The first kappa shape index (κ1) is 14.3. The fourth-order valence-electron chi connectivity index (χ4n) is 1.71. The molecule has 0 aliphatic rings. The number of carboxylic acid groups (broad SMARTS) is 1. The molecular weight excluding hydrogens is 280 g/mol. The van der Waals surface area contributed by atoms with Crippen molar-refractivity contribution in [2.75, 3.05) is 13.1 Å². The second-order valence-electron chi connectivity index (χ2n) is 4.10. The Bertz CT molecular complexity index is 591. The molecule has 0 radical (unpaired) electrons. The lowest BCUT2D eigenvalue weighted by molar-refractivity contribution is -0.144. The Labute approximate surface area is 119 Å². The Morgan fingerprint density at radius 2 is 2.30 bits per heavy atom. The highest BCUT2D eigenvalue weighted by atomic mass is 32.1. The molecular formula is C13H14N2O4S. The third-order valence-corrected chi connectivity index (χ3v) is 3.53. The first-order valence-corrected chi connectivity index (χ1v) is 6.96. The number of aromatic nitrogens is 1. The maximum Gasteiger partial charge on any atom is 0.323 e. The van der Waals surface area contributed by atoms with Gasteiger partial charge in [-0.05, 0) is 18.4 Å². The molecule has 0 bridgehead atoms. The number of likely N-dealkylation sites (N-methyl/N-ethyl adjacent to an activating group) is 1. The number of carboxylic acids is 1. The second-order valence-corrected chi connectivity index (χ2v) is 5.05. The fraction of sp³-hybridized carbons (Fsp3) is 0.308. The van der Waals surface area contributed by atoms with E-state index in [1.54, 1.807) is 6.92 Å². The normalized spacial score (nSPS) is 10.4. The van der Waals surface area contributed by atoms with E-state index in [0.29, 0.717) is 18.1 Å². The van der Waals surface area contributed by atoms with Crippen LogP contribution in [0.3, 0.4) is 0 Å². The van der Waals surface area contributed by atoms with Crippen LogP contribution in [0.5, 0.6) is 0 Å². The number of carbonyl (C=O) groups excluding carboxylic acids is 1. The summed E-state index contributed by atoms with van der Waals surface area (Å²) in [6.07, 6.45) is 1.47. The van der Waals surface area contributed by atoms with E-state index in [1.807, 2.05) is 17.5 Å². The van der Waals surface area contributed by atoms with Crippen LogP contribution in [0.1, 0.15) is 12.6 Å². The molecule has 20 heavy (non-hydrogen) atoms. The quantitative estimate of drug-likeness (QED) is 0.879. The van der Waals surface area contributed by atoms with E-state index in [2.05, 4.69) is 4.98 Å². The number of amides is 1. The Morgan fingerprint density at radius 3 is 2.90 bits per heavy atom. The molecule has 7 heteroatoms. The fourth-order valence-corrected chi connectivity index (χ4v) is 2.36. The molecule has 0 aromatic carbocycles. The number of carbonyl (C=O) groups is 2. The smallest absolute Gasteiger partial charge is 0.323 e. The second kappa shape index (κ2) is 6.33. The standard InChI is InChI=1S/C13H14N2O4S/c1-2-15(7-12(17)18)11(16)6-9-8-19-13(14-9)10-4-3-5-20-10/h3-5,8H,2,6-7H2,1H3,(H,17,18). The number of nitrogens with zero attached hydrogens (tertiary/aromatic N) is 2. The summed E-state index contributed by atoms with van der Waals surface area (Å²) in [6, 6.07) is 3.77. The largest absolute Gasteiger partial charge is 0.480 e. The molecule has 6 nitrogen and oxygen atoms in total. The molecule has 1 amide bonds. The Kier molecular flexibility index (Phi) is 4.52. The topological polar surface area (TPSA) is 83.6 Å². The SMILES string of the molecule is CCN(CC(=O)O)C(=O)Cc1coc(-c2cccs2)n1. The van der Waals surface area contributed by atoms with Crippen molar-refractivity contribution in [2.45, 2.75) is 13.3 Å². The minimum atomic E-state index is -1.03. The first-order chi connectivity index (χ1) is 9.60. The van der Waals surface area contributed by atoms with Gasteiger partial charge in [-0.25, -0.2) is 4.98 Å². The maximum absolute atomic E-state index is 12.0. The molecule has 0 saturated heterocycles. The van der Waals surface area contributed by atoms with Gasteiger partial charge in [0, 0.05) is 6.54 Å². The van der Waals surface area contributed by atoms with Gasteiger partial charge in [-0.2, -0.15) is 0 Å². The molecule has 2 aromatic rings. The zero-order valence-electron chi connectivity index (χ0n) is 10.9. The summed E-state index contributed by atoms with van der Waals surface area (Å²) in [5.41, 5.74) is 0.502. The average molecular weight is 294 g/mol. The molecule has 2 heterocycles. The van der Waals surface area contributed by atoms with Crippen LogP contribution in [0.15, 0.2) is 28.2 Å². The molecule has 0 aliphatic heterocycles.